The number of hydrogen-bond donors (Lipinski definition) is 1. The van der Waals surface area contributed by atoms with Crippen LogP contribution in [0.5, 0.6) is 0 Å². The van der Waals surface area contributed by atoms with Crippen LogP contribution in [0.1, 0.15) is 34.0 Å². The van der Waals surface area contributed by atoms with Crippen LogP contribution in [0, 0.1) is 11.3 Å². The smallest absolute Gasteiger partial charge is 0.257 e. The van der Waals surface area contributed by atoms with E-state index in [1.807, 2.05) is 4.90 Å². The molecule has 25 heavy (non-hydrogen) atoms. The first-order chi connectivity index (χ1) is 12.2. The van der Waals surface area contributed by atoms with E-state index in [0.29, 0.717) is 30.8 Å². The van der Waals surface area contributed by atoms with Gasteiger partial charge in [0, 0.05) is 32.7 Å². The third-order valence-electron chi connectivity index (χ3n) is 4.50. The van der Waals surface area contributed by atoms with E-state index in [-0.39, 0.29) is 5.91 Å². The first-order valence-corrected chi connectivity index (χ1v) is 8.39. The lowest BCUT2D eigenvalue weighted by molar-refractivity contribution is 0.0753. The Morgan fingerprint density at radius 3 is 2.68 bits per heavy atom. The van der Waals surface area contributed by atoms with Gasteiger partial charge in [0.05, 0.1) is 29.6 Å². The van der Waals surface area contributed by atoms with E-state index >= 15 is 0 Å². The SMILES string of the molecule is N#Cc1ccc(C(O)CN2CCCN(C(=O)c3ccoc3)CC2)cc1. The highest BCUT2D eigenvalue weighted by Crippen LogP contribution is 2.17. The largest absolute Gasteiger partial charge is 0.472 e. The summed E-state index contributed by atoms with van der Waals surface area (Å²) in [4.78, 5) is 16.4. The molecular weight excluding hydrogens is 318 g/mol. The van der Waals surface area contributed by atoms with E-state index in [9.17, 15) is 9.90 Å². The molecule has 1 saturated heterocycles. The standard InChI is InChI=1S/C19H21N3O3/c20-12-15-2-4-16(5-3-15)18(23)13-21-7-1-8-22(10-9-21)19(24)17-6-11-25-14-17/h2-6,11,14,18,23H,1,7-10,13H2. The Labute approximate surface area is 146 Å². The number of rotatable bonds is 4. The number of aliphatic hydroxyl groups excluding tert-OH is 1. The van der Waals surface area contributed by atoms with Crippen molar-refractivity contribution in [3.8, 4) is 6.07 Å². The Morgan fingerprint density at radius 1 is 1.20 bits per heavy atom. The maximum atomic E-state index is 12.4. The molecule has 0 spiro atoms. The normalized spacial score (nSPS) is 16.9. The zero-order valence-corrected chi connectivity index (χ0v) is 14.0. The van der Waals surface area contributed by atoms with Gasteiger partial charge in [0.15, 0.2) is 0 Å². The summed E-state index contributed by atoms with van der Waals surface area (Å²) in [5.74, 6) is -0.0109. The molecule has 2 aromatic rings. The summed E-state index contributed by atoms with van der Waals surface area (Å²) >= 11 is 0. The summed E-state index contributed by atoms with van der Waals surface area (Å²) in [6.45, 7) is 3.40. The van der Waals surface area contributed by atoms with Crippen LogP contribution < -0.4 is 0 Å². The first kappa shape index (κ1) is 17.2. The molecule has 0 radical (unpaired) electrons. The van der Waals surface area contributed by atoms with Crippen LogP contribution in [0.25, 0.3) is 0 Å². The summed E-state index contributed by atoms with van der Waals surface area (Å²) < 4.78 is 4.99. The Balaban J connectivity index is 1.55. The molecule has 1 aromatic heterocycles. The second-order valence-corrected chi connectivity index (χ2v) is 6.21. The summed E-state index contributed by atoms with van der Waals surface area (Å²) in [6, 6.07) is 10.8. The van der Waals surface area contributed by atoms with Crippen molar-refractivity contribution < 1.29 is 14.3 Å². The van der Waals surface area contributed by atoms with Crippen LogP contribution in [0.3, 0.4) is 0 Å². The molecule has 1 aliphatic rings. The zero-order chi connectivity index (χ0) is 17.6. The summed E-state index contributed by atoms with van der Waals surface area (Å²) in [7, 11) is 0. The number of hydrogen-bond acceptors (Lipinski definition) is 5. The third-order valence-corrected chi connectivity index (χ3v) is 4.50. The molecule has 0 aliphatic carbocycles. The fraction of sp³-hybridized carbons (Fsp3) is 0.368. The monoisotopic (exact) mass is 339 g/mol. The highest BCUT2D eigenvalue weighted by Gasteiger charge is 2.22. The van der Waals surface area contributed by atoms with Gasteiger partial charge >= 0.3 is 0 Å². The van der Waals surface area contributed by atoms with Gasteiger partial charge in [-0.15, -0.1) is 0 Å². The fourth-order valence-electron chi connectivity index (χ4n) is 3.06. The lowest BCUT2D eigenvalue weighted by atomic mass is 10.1. The highest BCUT2D eigenvalue weighted by atomic mass is 16.3. The average Bonchev–Trinajstić information content (AvgIpc) is 3.08. The summed E-state index contributed by atoms with van der Waals surface area (Å²) in [5.41, 5.74) is 1.96. The van der Waals surface area contributed by atoms with E-state index in [4.69, 9.17) is 9.68 Å². The molecule has 130 valence electrons. The number of furan rings is 1. The van der Waals surface area contributed by atoms with Crippen LogP contribution in [0.4, 0.5) is 0 Å². The topological polar surface area (TPSA) is 80.7 Å². The van der Waals surface area contributed by atoms with Crippen molar-refractivity contribution in [2.75, 3.05) is 32.7 Å². The quantitative estimate of drug-likeness (QED) is 0.922. The van der Waals surface area contributed by atoms with Crippen LogP contribution in [0.2, 0.25) is 0 Å². The highest BCUT2D eigenvalue weighted by molar-refractivity contribution is 5.93. The van der Waals surface area contributed by atoms with Gasteiger partial charge in [0.2, 0.25) is 0 Å². The van der Waals surface area contributed by atoms with E-state index < -0.39 is 6.10 Å². The van der Waals surface area contributed by atoms with Gasteiger partial charge in [-0.25, -0.2) is 0 Å². The molecule has 1 unspecified atom stereocenters. The second kappa shape index (κ2) is 7.97. The molecule has 1 atom stereocenters. The maximum Gasteiger partial charge on any atom is 0.257 e. The number of benzene rings is 1. The van der Waals surface area contributed by atoms with Gasteiger partial charge in [-0.1, -0.05) is 12.1 Å². The predicted molar refractivity (Wildman–Crippen MR) is 91.8 cm³/mol. The Hall–Kier alpha value is -2.62. The van der Waals surface area contributed by atoms with E-state index in [1.165, 1.54) is 12.5 Å². The van der Waals surface area contributed by atoms with Gasteiger partial charge < -0.3 is 14.4 Å². The Bertz CT molecular complexity index is 734. The predicted octanol–water partition coefficient (Wildman–Crippen LogP) is 2.03. The fourth-order valence-corrected chi connectivity index (χ4v) is 3.06. The Morgan fingerprint density at radius 2 is 2.00 bits per heavy atom. The minimum atomic E-state index is -0.608. The molecule has 2 heterocycles. The molecule has 3 rings (SSSR count). The van der Waals surface area contributed by atoms with Crippen molar-refractivity contribution in [3.63, 3.8) is 0 Å². The number of nitrogens with zero attached hydrogens (tertiary/aromatic N) is 3. The lowest BCUT2D eigenvalue weighted by Gasteiger charge is -2.24. The molecule has 1 aromatic carbocycles. The minimum Gasteiger partial charge on any atom is -0.472 e. The van der Waals surface area contributed by atoms with E-state index in [2.05, 4.69) is 11.0 Å². The number of nitriles is 1. The summed E-state index contributed by atoms with van der Waals surface area (Å²) in [5, 5.41) is 19.3. The number of carbonyl (C=O) groups is 1. The number of aliphatic hydroxyl groups is 1. The molecule has 0 bridgehead atoms. The third kappa shape index (κ3) is 4.27. The van der Waals surface area contributed by atoms with E-state index in [0.717, 1.165) is 25.1 Å². The first-order valence-electron chi connectivity index (χ1n) is 8.39. The van der Waals surface area contributed by atoms with Gasteiger partial charge in [0.1, 0.15) is 6.26 Å². The molecule has 6 nitrogen and oxygen atoms in total. The van der Waals surface area contributed by atoms with Crippen molar-refractivity contribution in [1.29, 1.82) is 5.26 Å². The molecule has 6 heteroatoms. The van der Waals surface area contributed by atoms with Crippen LogP contribution in [0.15, 0.2) is 47.3 Å². The van der Waals surface area contributed by atoms with Crippen LogP contribution >= 0.6 is 0 Å². The van der Waals surface area contributed by atoms with Crippen LogP contribution in [-0.2, 0) is 0 Å². The van der Waals surface area contributed by atoms with Crippen molar-refractivity contribution in [3.05, 3.63) is 59.5 Å². The summed E-state index contributed by atoms with van der Waals surface area (Å²) in [6.07, 6.45) is 3.23. The van der Waals surface area contributed by atoms with Gasteiger partial charge in [0.25, 0.3) is 5.91 Å². The molecule has 1 amide bonds. The van der Waals surface area contributed by atoms with Crippen molar-refractivity contribution >= 4 is 5.91 Å². The second-order valence-electron chi connectivity index (χ2n) is 6.21. The molecule has 1 aliphatic heterocycles. The van der Waals surface area contributed by atoms with E-state index in [1.54, 1.807) is 30.3 Å². The molecular formula is C19H21N3O3. The van der Waals surface area contributed by atoms with Crippen molar-refractivity contribution in [1.82, 2.24) is 9.80 Å². The lowest BCUT2D eigenvalue weighted by Crippen LogP contribution is -2.36. The van der Waals surface area contributed by atoms with Crippen LogP contribution in [-0.4, -0.2) is 53.5 Å². The average molecular weight is 339 g/mol. The molecule has 0 saturated carbocycles. The number of carbonyl (C=O) groups excluding carboxylic acids is 1. The van der Waals surface area contributed by atoms with Gasteiger partial charge in [-0.05, 0) is 30.2 Å². The maximum absolute atomic E-state index is 12.4. The van der Waals surface area contributed by atoms with Crippen molar-refractivity contribution in [2.45, 2.75) is 12.5 Å². The number of β-amino-alcohol motifs (C(OH)–C–C–N with tert-alkyl or cyclic N) is 1. The van der Waals surface area contributed by atoms with Crippen molar-refractivity contribution in [2.24, 2.45) is 0 Å². The minimum absolute atomic E-state index is 0.0109. The molecule has 1 N–H and O–H groups in total. The Kier molecular flexibility index (Phi) is 5.49. The number of amides is 1. The van der Waals surface area contributed by atoms with Gasteiger partial charge in [-0.3, -0.25) is 9.69 Å². The zero-order valence-electron chi connectivity index (χ0n) is 14.0. The van der Waals surface area contributed by atoms with Gasteiger partial charge in [-0.2, -0.15) is 5.26 Å². The molecule has 1 fully saturated rings.